The van der Waals surface area contributed by atoms with Gasteiger partial charge in [-0.2, -0.15) is 0 Å². The summed E-state index contributed by atoms with van der Waals surface area (Å²) in [6.07, 6.45) is 4.00. The van der Waals surface area contributed by atoms with Crippen LogP contribution < -0.4 is 5.32 Å². The lowest BCUT2D eigenvalue weighted by Crippen LogP contribution is -2.33. The molecule has 1 aliphatic rings. The van der Waals surface area contributed by atoms with Crippen LogP contribution in [0.25, 0.3) is 11.5 Å². The van der Waals surface area contributed by atoms with E-state index in [-0.39, 0.29) is 30.2 Å². The Morgan fingerprint density at radius 3 is 2.83 bits per heavy atom. The largest absolute Gasteiger partial charge is 0.444 e. The number of amides is 1. The van der Waals surface area contributed by atoms with Crippen molar-refractivity contribution >= 4 is 5.91 Å². The van der Waals surface area contributed by atoms with E-state index in [4.69, 9.17) is 4.42 Å². The van der Waals surface area contributed by atoms with Gasteiger partial charge in [0.15, 0.2) is 0 Å². The quantitative estimate of drug-likeness (QED) is 0.887. The average molecular weight is 318 g/mol. The topological polar surface area (TPSA) is 75.4 Å². The first-order valence-electron chi connectivity index (χ1n) is 7.77. The highest BCUT2D eigenvalue weighted by molar-refractivity contribution is 5.78. The van der Waals surface area contributed by atoms with Crippen LogP contribution in [0.15, 0.2) is 34.9 Å². The van der Waals surface area contributed by atoms with Gasteiger partial charge in [0, 0.05) is 18.0 Å². The summed E-state index contributed by atoms with van der Waals surface area (Å²) < 4.78 is 18.2. The molecule has 0 radical (unpaired) electrons. The first-order chi connectivity index (χ1) is 11.1. The number of nitrogens with one attached hydrogen (secondary N) is 1. The molecule has 122 valence electrons. The van der Waals surface area contributed by atoms with Crippen molar-refractivity contribution in [3.05, 3.63) is 42.0 Å². The van der Waals surface area contributed by atoms with Gasteiger partial charge in [-0.25, -0.2) is 9.37 Å². The lowest BCUT2D eigenvalue weighted by atomic mass is 10.1. The molecule has 1 heterocycles. The molecule has 1 aromatic carbocycles. The molecule has 0 saturated heterocycles. The number of aliphatic hydroxyl groups excluding tert-OH is 1. The molecular formula is C17H19FN2O3. The number of carbonyl (C=O) groups is 1. The van der Waals surface area contributed by atoms with Gasteiger partial charge in [0.05, 0.1) is 18.2 Å². The molecular weight excluding hydrogens is 299 g/mol. The Labute approximate surface area is 133 Å². The molecule has 2 unspecified atom stereocenters. The molecule has 6 heteroatoms. The first-order valence-corrected chi connectivity index (χ1v) is 7.77. The lowest BCUT2D eigenvalue weighted by molar-refractivity contribution is -0.120. The summed E-state index contributed by atoms with van der Waals surface area (Å²) in [5.41, 5.74) is 1.18. The number of hydrogen-bond donors (Lipinski definition) is 2. The van der Waals surface area contributed by atoms with Crippen molar-refractivity contribution in [1.82, 2.24) is 10.3 Å². The summed E-state index contributed by atoms with van der Waals surface area (Å²) in [6, 6.07) is 5.82. The van der Waals surface area contributed by atoms with Crippen LogP contribution in [0.5, 0.6) is 0 Å². The van der Waals surface area contributed by atoms with Crippen LogP contribution in [0.3, 0.4) is 0 Å². The number of carbonyl (C=O) groups excluding carboxylic acids is 1. The van der Waals surface area contributed by atoms with Gasteiger partial charge in [0.25, 0.3) is 0 Å². The lowest BCUT2D eigenvalue weighted by Gasteiger charge is -2.14. The molecule has 1 aromatic heterocycles. The van der Waals surface area contributed by atoms with Crippen molar-refractivity contribution in [1.29, 1.82) is 0 Å². The normalized spacial score (nSPS) is 20.6. The monoisotopic (exact) mass is 318 g/mol. The van der Waals surface area contributed by atoms with Crippen molar-refractivity contribution < 1.29 is 18.7 Å². The fourth-order valence-electron chi connectivity index (χ4n) is 2.84. The minimum Gasteiger partial charge on any atom is -0.444 e. The van der Waals surface area contributed by atoms with E-state index < -0.39 is 0 Å². The zero-order chi connectivity index (χ0) is 16.2. The van der Waals surface area contributed by atoms with E-state index in [1.807, 2.05) is 0 Å². The molecule has 0 aliphatic heterocycles. The van der Waals surface area contributed by atoms with Crippen LogP contribution >= 0.6 is 0 Å². The minimum absolute atomic E-state index is 0.119. The molecule has 1 aliphatic carbocycles. The van der Waals surface area contributed by atoms with E-state index >= 15 is 0 Å². The molecule has 3 rings (SSSR count). The van der Waals surface area contributed by atoms with Gasteiger partial charge >= 0.3 is 0 Å². The summed E-state index contributed by atoms with van der Waals surface area (Å²) in [6.45, 7) is 0.489. The van der Waals surface area contributed by atoms with Crippen molar-refractivity contribution in [2.24, 2.45) is 5.92 Å². The number of aliphatic hydroxyl groups is 1. The highest BCUT2D eigenvalue weighted by Gasteiger charge is 2.25. The molecule has 23 heavy (non-hydrogen) atoms. The predicted octanol–water partition coefficient (Wildman–Crippen LogP) is 2.30. The molecule has 0 bridgehead atoms. The Kier molecular flexibility index (Phi) is 4.71. The van der Waals surface area contributed by atoms with E-state index in [2.05, 4.69) is 10.3 Å². The molecule has 2 aromatic rings. The second-order valence-electron chi connectivity index (χ2n) is 5.89. The Bertz CT molecular complexity index is 669. The zero-order valence-electron chi connectivity index (χ0n) is 12.7. The second-order valence-corrected chi connectivity index (χ2v) is 5.89. The van der Waals surface area contributed by atoms with Crippen LogP contribution in [0.2, 0.25) is 0 Å². The van der Waals surface area contributed by atoms with E-state index in [1.165, 1.54) is 18.4 Å². The molecule has 1 fully saturated rings. The summed E-state index contributed by atoms with van der Waals surface area (Å²) in [7, 11) is 0. The predicted molar refractivity (Wildman–Crippen MR) is 82.0 cm³/mol. The summed E-state index contributed by atoms with van der Waals surface area (Å²) >= 11 is 0. The molecule has 1 saturated carbocycles. The number of aromatic nitrogens is 1. The highest BCUT2D eigenvalue weighted by atomic mass is 19.1. The van der Waals surface area contributed by atoms with Crippen LogP contribution in [0.4, 0.5) is 4.39 Å². The van der Waals surface area contributed by atoms with Gasteiger partial charge in [-0.05, 0) is 37.1 Å². The standard InChI is InChI=1S/C17H19FN2O3/c18-13-6-4-11(5-7-13)17-20-14(10-23-17)8-16(22)19-9-12-2-1-3-15(12)21/h4-7,10,12,15,21H,1-3,8-9H2,(H,19,22). The van der Waals surface area contributed by atoms with Crippen LogP contribution in [0, 0.1) is 11.7 Å². The third kappa shape index (κ3) is 3.96. The van der Waals surface area contributed by atoms with E-state index in [1.54, 1.807) is 12.1 Å². The third-order valence-electron chi connectivity index (χ3n) is 4.16. The van der Waals surface area contributed by atoms with Gasteiger partial charge in [-0.3, -0.25) is 4.79 Å². The van der Waals surface area contributed by atoms with Gasteiger partial charge in [0.1, 0.15) is 12.1 Å². The van der Waals surface area contributed by atoms with Crippen LogP contribution in [-0.4, -0.2) is 28.6 Å². The molecule has 1 amide bonds. The van der Waals surface area contributed by atoms with Gasteiger partial charge in [0.2, 0.25) is 11.8 Å². The third-order valence-corrected chi connectivity index (χ3v) is 4.16. The Morgan fingerprint density at radius 1 is 1.35 bits per heavy atom. The number of rotatable bonds is 5. The Morgan fingerprint density at radius 2 is 2.13 bits per heavy atom. The second kappa shape index (κ2) is 6.91. The van der Waals surface area contributed by atoms with Gasteiger partial charge in [-0.15, -0.1) is 0 Å². The molecule has 0 spiro atoms. The van der Waals surface area contributed by atoms with Crippen LogP contribution in [0.1, 0.15) is 25.0 Å². The minimum atomic E-state index is -0.325. The van der Waals surface area contributed by atoms with Crippen molar-refractivity contribution in [2.45, 2.75) is 31.8 Å². The Hall–Kier alpha value is -2.21. The fourth-order valence-corrected chi connectivity index (χ4v) is 2.84. The van der Waals surface area contributed by atoms with Gasteiger partial charge in [-0.1, -0.05) is 6.42 Å². The SMILES string of the molecule is O=C(Cc1coc(-c2ccc(F)cc2)n1)NCC1CCCC1O. The fraction of sp³-hybridized carbons (Fsp3) is 0.412. The summed E-state index contributed by atoms with van der Waals surface area (Å²) in [5.74, 6) is 0.0297. The Balaban J connectivity index is 1.54. The average Bonchev–Trinajstić information content (AvgIpc) is 3.15. The smallest absolute Gasteiger partial charge is 0.226 e. The maximum Gasteiger partial charge on any atom is 0.226 e. The summed E-state index contributed by atoms with van der Waals surface area (Å²) in [5, 5.41) is 12.6. The molecule has 5 nitrogen and oxygen atoms in total. The maximum atomic E-state index is 12.9. The van der Waals surface area contributed by atoms with E-state index in [9.17, 15) is 14.3 Å². The van der Waals surface area contributed by atoms with E-state index in [0.717, 1.165) is 19.3 Å². The number of nitrogens with zero attached hydrogens (tertiary/aromatic N) is 1. The number of halogens is 1. The number of benzene rings is 1. The molecule has 2 N–H and O–H groups in total. The number of oxazole rings is 1. The first kappa shape index (κ1) is 15.7. The zero-order valence-corrected chi connectivity index (χ0v) is 12.7. The van der Waals surface area contributed by atoms with Crippen molar-refractivity contribution in [2.75, 3.05) is 6.54 Å². The highest BCUT2D eigenvalue weighted by Crippen LogP contribution is 2.24. The maximum absolute atomic E-state index is 12.9. The number of hydrogen-bond acceptors (Lipinski definition) is 4. The van der Waals surface area contributed by atoms with Gasteiger partial charge < -0.3 is 14.8 Å². The van der Waals surface area contributed by atoms with Crippen molar-refractivity contribution in [3.63, 3.8) is 0 Å². The van der Waals surface area contributed by atoms with Crippen LogP contribution in [-0.2, 0) is 11.2 Å². The van der Waals surface area contributed by atoms with E-state index in [0.29, 0.717) is 23.7 Å². The van der Waals surface area contributed by atoms with Crippen molar-refractivity contribution in [3.8, 4) is 11.5 Å². The molecule has 2 atom stereocenters. The summed E-state index contributed by atoms with van der Waals surface area (Å²) in [4.78, 5) is 16.2.